The van der Waals surface area contributed by atoms with Gasteiger partial charge >= 0.3 is 5.97 Å². The first-order valence-corrected chi connectivity index (χ1v) is 7.48. The molecular weight excluding hydrogens is 368 g/mol. The Morgan fingerprint density at radius 2 is 2.04 bits per heavy atom. The highest BCUT2D eigenvalue weighted by atomic mass is 35.5. The Balaban J connectivity index is 2.02. The number of rotatable bonds is 6. The predicted octanol–water partition coefficient (Wildman–Crippen LogP) is 2.76. The first-order valence-electron chi connectivity index (χ1n) is 7.10. The molecule has 0 atom stereocenters. The highest BCUT2D eigenvalue weighted by molar-refractivity contribution is 6.33. The quantitative estimate of drug-likeness (QED) is 0.448. The number of hydrogen-bond donors (Lipinski definition) is 2. The van der Waals surface area contributed by atoms with Crippen molar-refractivity contribution in [2.75, 3.05) is 19.0 Å². The molecule has 2 rings (SSSR count). The van der Waals surface area contributed by atoms with E-state index in [0.717, 1.165) is 6.07 Å². The number of nitro benzene ring substituents is 1. The number of halogens is 1. The molecule has 1 amide bonds. The Morgan fingerprint density at radius 3 is 2.69 bits per heavy atom. The van der Waals surface area contributed by atoms with Crippen molar-refractivity contribution in [3.8, 4) is 11.5 Å². The Hall–Kier alpha value is -3.33. The van der Waals surface area contributed by atoms with Crippen LogP contribution in [-0.2, 0) is 9.53 Å². The number of aromatic hydroxyl groups is 1. The number of nitro groups is 1. The van der Waals surface area contributed by atoms with E-state index in [-0.39, 0.29) is 27.7 Å². The fourth-order valence-electron chi connectivity index (χ4n) is 1.97. The molecule has 2 aromatic carbocycles. The number of benzene rings is 2. The molecule has 2 aromatic rings. The number of ether oxygens (including phenoxy) is 2. The third kappa shape index (κ3) is 4.39. The number of non-ortho nitro benzene ring substituents is 1. The van der Waals surface area contributed by atoms with Gasteiger partial charge in [-0.2, -0.15) is 0 Å². The standard InChI is InChI=1S/C16H13ClN2O7/c1-25-13-4-2-3-10(15(13)21)16(22)26-8-14(20)18-12-7-9(19(23)24)5-6-11(12)17/h2-7,21H,8H2,1H3,(H,18,20). The van der Waals surface area contributed by atoms with Crippen LogP contribution in [0.25, 0.3) is 0 Å². The minimum absolute atomic E-state index is 0.00569. The Labute approximate surface area is 152 Å². The maximum absolute atomic E-state index is 12.0. The third-order valence-electron chi connectivity index (χ3n) is 3.21. The van der Waals surface area contributed by atoms with Crippen molar-refractivity contribution >= 4 is 34.9 Å². The van der Waals surface area contributed by atoms with E-state index in [1.165, 1.54) is 37.4 Å². The second kappa shape index (κ2) is 8.17. The molecule has 0 bridgehead atoms. The fourth-order valence-corrected chi connectivity index (χ4v) is 2.13. The van der Waals surface area contributed by atoms with E-state index in [4.69, 9.17) is 21.1 Å². The van der Waals surface area contributed by atoms with Crippen LogP contribution in [0.15, 0.2) is 36.4 Å². The lowest BCUT2D eigenvalue weighted by Gasteiger charge is -2.10. The van der Waals surface area contributed by atoms with Gasteiger partial charge < -0.3 is 19.9 Å². The Morgan fingerprint density at radius 1 is 1.31 bits per heavy atom. The molecule has 0 saturated heterocycles. The molecule has 10 heteroatoms. The van der Waals surface area contributed by atoms with Crippen molar-refractivity contribution in [1.29, 1.82) is 0 Å². The van der Waals surface area contributed by atoms with Crippen LogP contribution in [-0.4, -0.2) is 35.6 Å². The summed E-state index contributed by atoms with van der Waals surface area (Å²) in [5.74, 6) is -2.04. The van der Waals surface area contributed by atoms with Crippen LogP contribution in [0.4, 0.5) is 11.4 Å². The maximum Gasteiger partial charge on any atom is 0.342 e. The van der Waals surface area contributed by atoms with E-state index in [2.05, 4.69) is 5.32 Å². The molecule has 0 unspecified atom stereocenters. The largest absolute Gasteiger partial charge is 0.504 e. The first kappa shape index (κ1) is 19.0. The van der Waals surface area contributed by atoms with Gasteiger partial charge in [-0.05, 0) is 18.2 Å². The molecular formula is C16H13ClN2O7. The van der Waals surface area contributed by atoms with Gasteiger partial charge in [0, 0.05) is 12.1 Å². The Bertz CT molecular complexity index is 870. The van der Waals surface area contributed by atoms with Crippen molar-refractivity contribution in [3.63, 3.8) is 0 Å². The summed E-state index contributed by atoms with van der Waals surface area (Å²) in [6.07, 6.45) is 0. The lowest BCUT2D eigenvalue weighted by Crippen LogP contribution is -2.21. The van der Waals surface area contributed by atoms with Gasteiger partial charge in [-0.3, -0.25) is 14.9 Å². The number of phenols is 1. The molecule has 0 saturated carbocycles. The highest BCUT2D eigenvalue weighted by Gasteiger charge is 2.18. The summed E-state index contributed by atoms with van der Waals surface area (Å²) >= 11 is 5.87. The van der Waals surface area contributed by atoms with Crippen LogP contribution >= 0.6 is 11.6 Å². The van der Waals surface area contributed by atoms with Gasteiger partial charge in [-0.15, -0.1) is 0 Å². The number of nitrogens with zero attached hydrogens (tertiary/aromatic N) is 1. The van der Waals surface area contributed by atoms with Crippen LogP contribution in [0.1, 0.15) is 10.4 Å². The number of nitrogens with one attached hydrogen (secondary N) is 1. The molecule has 136 valence electrons. The molecule has 0 spiro atoms. The zero-order valence-corrected chi connectivity index (χ0v) is 14.1. The summed E-state index contributed by atoms with van der Waals surface area (Å²) in [7, 11) is 1.32. The molecule has 0 aromatic heterocycles. The van der Waals surface area contributed by atoms with Crippen molar-refractivity contribution in [1.82, 2.24) is 0 Å². The minimum Gasteiger partial charge on any atom is -0.504 e. The zero-order valence-electron chi connectivity index (χ0n) is 13.4. The molecule has 0 fully saturated rings. The number of carbonyl (C=O) groups excluding carboxylic acids is 2. The Kier molecular flexibility index (Phi) is 5.97. The second-order valence-electron chi connectivity index (χ2n) is 4.90. The van der Waals surface area contributed by atoms with E-state index in [9.17, 15) is 24.8 Å². The summed E-state index contributed by atoms with van der Waals surface area (Å²) in [5.41, 5.74) is -0.431. The minimum atomic E-state index is -0.943. The van der Waals surface area contributed by atoms with Crippen molar-refractivity contribution in [2.24, 2.45) is 0 Å². The summed E-state index contributed by atoms with van der Waals surface area (Å²) < 4.78 is 9.69. The molecule has 2 N–H and O–H groups in total. The monoisotopic (exact) mass is 380 g/mol. The molecule has 26 heavy (non-hydrogen) atoms. The van der Waals surface area contributed by atoms with Crippen LogP contribution in [0.5, 0.6) is 11.5 Å². The van der Waals surface area contributed by atoms with Crippen LogP contribution in [0.2, 0.25) is 5.02 Å². The molecule has 9 nitrogen and oxygen atoms in total. The molecule has 0 aliphatic rings. The summed E-state index contributed by atoms with van der Waals surface area (Å²) in [6, 6.07) is 7.74. The van der Waals surface area contributed by atoms with Gasteiger partial charge in [0.1, 0.15) is 5.56 Å². The number of esters is 1. The van der Waals surface area contributed by atoms with Gasteiger partial charge in [0.2, 0.25) is 0 Å². The van der Waals surface area contributed by atoms with Gasteiger partial charge in [0.25, 0.3) is 11.6 Å². The lowest BCUT2D eigenvalue weighted by atomic mass is 10.2. The molecule has 0 aliphatic heterocycles. The van der Waals surface area contributed by atoms with Gasteiger partial charge in [0.15, 0.2) is 18.1 Å². The van der Waals surface area contributed by atoms with Gasteiger partial charge in [0.05, 0.1) is 22.7 Å². The number of hydrogen-bond acceptors (Lipinski definition) is 7. The highest BCUT2D eigenvalue weighted by Crippen LogP contribution is 2.30. The molecule has 0 radical (unpaired) electrons. The number of phenolic OH excluding ortho intramolecular Hbond substituents is 1. The SMILES string of the molecule is COc1cccc(C(=O)OCC(=O)Nc2cc([N+](=O)[O-])ccc2Cl)c1O. The van der Waals surface area contributed by atoms with Crippen LogP contribution < -0.4 is 10.1 Å². The number of para-hydroxylation sites is 1. The normalized spacial score (nSPS) is 10.1. The van der Waals surface area contributed by atoms with Crippen LogP contribution in [0.3, 0.4) is 0 Å². The summed E-state index contributed by atoms with van der Waals surface area (Å²) in [4.78, 5) is 34.0. The van der Waals surface area contributed by atoms with Gasteiger partial charge in [-0.25, -0.2) is 4.79 Å². The average Bonchev–Trinajstić information content (AvgIpc) is 2.61. The number of amides is 1. The van der Waals surface area contributed by atoms with E-state index >= 15 is 0 Å². The van der Waals surface area contributed by atoms with Crippen LogP contribution in [0, 0.1) is 10.1 Å². The average molecular weight is 381 g/mol. The zero-order chi connectivity index (χ0) is 19.3. The number of anilines is 1. The fraction of sp³-hybridized carbons (Fsp3) is 0.125. The summed E-state index contributed by atoms with van der Waals surface area (Å²) in [6.45, 7) is -0.686. The van der Waals surface area contributed by atoms with Gasteiger partial charge in [-0.1, -0.05) is 17.7 Å². The first-order chi connectivity index (χ1) is 12.3. The maximum atomic E-state index is 12.0. The number of carbonyl (C=O) groups is 2. The van der Waals surface area contributed by atoms with E-state index < -0.39 is 29.2 Å². The topological polar surface area (TPSA) is 128 Å². The van der Waals surface area contributed by atoms with Crippen molar-refractivity contribution in [3.05, 3.63) is 57.1 Å². The molecule has 0 aliphatic carbocycles. The predicted molar refractivity (Wildman–Crippen MR) is 91.7 cm³/mol. The smallest absolute Gasteiger partial charge is 0.342 e. The summed E-state index contributed by atoms with van der Waals surface area (Å²) in [5, 5.41) is 23.0. The molecule has 0 heterocycles. The van der Waals surface area contributed by atoms with E-state index in [1.807, 2.05) is 0 Å². The lowest BCUT2D eigenvalue weighted by molar-refractivity contribution is -0.384. The third-order valence-corrected chi connectivity index (χ3v) is 3.54. The second-order valence-corrected chi connectivity index (χ2v) is 5.31. The van der Waals surface area contributed by atoms with E-state index in [0.29, 0.717) is 0 Å². The van der Waals surface area contributed by atoms with E-state index in [1.54, 1.807) is 0 Å². The van der Waals surface area contributed by atoms with Crippen molar-refractivity contribution in [2.45, 2.75) is 0 Å². The number of methoxy groups -OCH3 is 1. The van der Waals surface area contributed by atoms with Crippen molar-refractivity contribution < 1.29 is 29.1 Å².